The summed E-state index contributed by atoms with van der Waals surface area (Å²) in [5.41, 5.74) is 6.59. The summed E-state index contributed by atoms with van der Waals surface area (Å²) < 4.78 is 12.1. The molecule has 0 saturated carbocycles. The number of thiophene rings is 1. The maximum absolute atomic E-state index is 12.7. The van der Waals surface area contributed by atoms with Crippen molar-refractivity contribution in [3.8, 4) is 11.6 Å². The Morgan fingerprint density at radius 1 is 1.32 bits per heavy atom. The number of primary amides is 1. The molecule has 2 aromatic heterocycles. The Morgan fingerprint density at radius 2 is 2.11 bits per heavy atom. The lowest BCUT2D eigenvalue weighted by molar-refractivity contribution is -0.119. The first-order valence-electron chi connectivity index (χ1n) is 8.64. The number of pyridine rings is 1. The largest absolute Gasteiger partial charge is 0.489 e. The van der Waals surface area contributed by atoms with Crippen LogP contribution in [0.1, 0.15) is 27.7 Å². The second kappa shape index (κ2) is 8.26. The summed E-state index contributed by atoms with van der Waals surface area (Å²) >= 11 is 1.51. The highest BCUT2D eigenvalue weighted by Gasteiger charge is 2.20. The minimum atomic E-state index is -0.751. The molecule has 0 radical (unpaired) electrons. The van der Waals surface area contributed by atoms with Gasteiger partial charge in [-0.25, -0.2) is 4.98 Å². The summed E-state index contributed by atoms with van der Waals surface area (Å²) in [4.78, 5) is 28.9. The van der Waals surface area contributed by atoms with Crippen LogP contribution in [0.5, 0.6) is 11.6 Å². The molecule has 28 heavy (non-hydrogen) atoms. The fraction of sp³-hybridized carbons (Fsp3) is 0.250. The van der Waals surface area contributed by atoms with Gasteiger partial charge in [-0.15, -0.1) is 11.3 Å². The van der Waals surface area contributed by atoms with Crippen LogP contribution in [0.3, 0.4) is 0 Å². The van der Waals surface area contributed by atoms with Crippen molar-refractivity contribution < 1.29 is 19.1 Å². The average molecular weight is 399 g/mol. The van der Waals surface area contributed by atoms with E-state index in [-0.39, 0.29) is 12.5 Å². The Bertz CT molecular complexity index is 1030. The zero-order valence-corrected chi connectivity index (χ0v) is 16.6. The first-order chi connectivity index (χ1) is 13.4. The summed E-state index contributed by atoms with van der Waals surface area (Å²) in [6.45, 7) is 3.71. The van der Waals surface area contributed by atoms with E-state index < -0.39 is 11.9 Å². The first-order valence-corrected chi connectivity index (χ1v) is 9.46. The van der Waals surface area contributed by atoms with Crippen molar-refractivity contribution in [2.24, 2.45) is 5.73 Å². The van der Waals surface area contributed by atoms with Gasteiger partial charge < -0.3 is 20.5 Å². The van der Waals surface area contributed by atoms with E-state index in [2.05, 4.69) is 10.3 Å². The predicted molar refractivity (Wildman–Crippen MR) is 108 cm³/mol. The van der Waals surface area contributed by atoms with Crippen LogP contribution in [-0.4, -0.2) is 29.9 Å². The smallest absolute Gasteiger partial charge is 0.253 e. The van der Waals surface area contributed by atoms with Gasteiger partial charge in [-0.05, 0) is 44.2 Å². The van der Waals surface area contributed by atoms with Crippen LogP contribution >= 0.6 is 11.3 Å². The Balaban J connectivity index is 1.86. The Kier molecular flexibility index (Phi) is 5.79. The maximum atomic E-state index is 12.7. The highest BCUT2D eigenvalue weighted by atomic mass is 32.1. The number of nitrogens with one attached hydrogen (secondary N) is 1. The summed E-state index contributed by atoms with van der Waals surface area (Å²) in [6, 6.07) is 8.54. The number of nitrogens with two attached hydrogens (primary N) is 1. The molecule has 0 aliphatic heterocycles. The molecule has 0 aliphatic rings. The van der Waals surface area contributed by atoms with Gasteiger partial charge in [-0.3, -0.25) is 9.59 Å². The fourth-order valence-electron chi connectivity index (χ4n) is 2.79. The van der Waals surface area contributed by atoms with Crippen LogP contribution in [0.4, 0.5) is 0 Å². The number of nitrogens with zero attached hydrogens (tertiary/aromatic N) is 1. The van der Waals surface area contributed by atoms with Crippen molar-refractivity contribution in [2.75, 3.05) is 7.11 Å². The van der Waals surface area contributed by atoms with Crippen molar-refractivity contribution in [3.05, 3.63) is 52.5 Å². The van der Waals surface area contributed by atoms with Gasteiger partial charge in [-0.1, -0.05) is 0 Å². The third-order valence-electron chi connectivity index (χ3n) is 4.27. The molecule has 8 heteroatoms. The fourth-order valence-corrected chi connectivity index (χ4v) is 3.83. The van der Waals surface area contributed by atoms with Crippen molar-refractivity contribution in [1.29, 1.82) is 0 Å². The van der Waals surface area contributed by atoms with Gasteiger partial charge in [-0.2, -0.15) is 0 Å². The normalized spacial score (nSPS) is 11.8. The third-order valence-corrected chi connectivity index (χ3v) is 5.36. The van der Waals surface area contributed by atoms with E-state index in [1.807, 2.05) is 37.3 Å². The van der Waals surface area contributed by atoms with Gasteiger partial charge >= 0.3 is 0 Å². The average Bonchev–Trinajstić information content (AvgIpc) is 3.01. The number of hydrogen-bond acceptors (Lipinski definition) is 6. The number of carbonyl (C=O) groups excluding carboxylic acids is 2. The van der Waals surface area contributed by atoms with Crippen LogP contribution in [0.15, 0.2) is 36.5 Å². The highest BCUT2D eigenvalue weighted by Crippen LogP contribution is 2.34. The minimum Gasteiger partial charge on any atom is -0.489 e. The van der Waals surface area contributed by atoms with Crippen LogP contribution in [0.25, 0.3) is 10.1 Å². The number of aromatic nitrogens is 1. The van der Waals surface area contributed by atoms with Crippen molar-refractivity contribution in [1.82, 2.24) is 10.3 Å². The molecule has 3 N–H and O–H groups in total. The lowest BCUT2D eigenvalue weighted by Gasteiger charge is -2.11. The van der Waals surface area contributed by atoms with E-state index in [0.29, 0.717) is 17.2 Å². The van der Waals surface area contributed by atoms with E-state index in [4.69, 9.17) is 15.2 Å². The van der Waals surface area contributed by atoms with E-state index in [0.717, 1.165) is 20.5 Å². The van der Waals surface area contributed by atoms with Crippen LogP contribution < -0.4 is 20.5 Å². The zero-order valence-electron chi connectivity index (χ0n) is 15.8. The Hall–Kier alpha value is -3.13. The summed E-state index contributed by atoms with van der Waals surface area (Å²) in [6.07, 6.45) is 1.65. The molecule has 0 saturated heterocycles. The zero-order chi connectivity index (χ0) is 20.3. The number of aryl methyl sites for hydroxylation is 1. The first kappa shape index (κ1) is 19.6. The molecule has 146 valence electrons. The van der Waals surface area contributed by atoms with E-state index in [1.165, 1.54) is 11.3 Å². The van der Waals surface area contributed by atoms with Crippen molar-refractivity contribution in [3.63, 3.8) is 0 Å². The van der Waals surface area contributed by atoms with Crippen molar-refractivity contribution >= 4 is 33.2 Å². The van der Waals surface area contributed by atoms with Gasteiger partial charge in [0.05, 0.1) is 18.2 Å². The molecule has 0 aliphatic carbocycles. The lowest BCUT2D eigenvalue weighted by Crippen LogP contribution is -2.42. The molecule has 0 spiro atoms. The molecule has 3 aromatic rings. The molecule has 3 rings (SSSR count). The van der Waals surface area contributed by atoms with E-state index in [1.54, 1.807) is 20.2 Å². The number of rotatable bonds is 7. The minimum absolute atomic E-state index is 0.284. The molecule has 0 unspecified atom stereocenters. The Labute approximate surface area is 166 Å². The van der Waals surface area contributed by atoms with E-state index >= 15 is 0 Å². The van der Waals surface area contributed by atoms with Gasteiger partial charge in [0, 0.05) is 21.2 Å². The maximum Gasteiger partial charge on any atom is 0.253 e. The summed E-state index contributed by atoms with van der Waals surface area (Å²) in [5, 5.41) is 3.41. The molecule has 0 bridgehead atoms. The predicted octanol–water partition coefficient (Wildman–Crippen LogP) is 2.80. The number of amides is 2. The molecule has 1 aromatic carbocycles. The van der Waals surface area contributed by atoms with Gasteiger partial charge in [0.25, 0.3) is 5.91 Å². The quantitative estimate of drug-likeness (QED) is 0.636. The number of hydrogen-bond donors (Lipinski definition) is 2. The molecule has 1 atom stereocenters. The SMILES string of the molecule is COc1ncccc1COc1ccc2sc(C)c(C(=O)N[C@H](C)C(N)=O)c2c1. The third kappa shape index (κ3) is 4.07. The van der Waals surface area contributed by atoms with Crippen molar-refractivity contribution in [2.45, 2.75) is 26.5 Å². The molecule has 2 amide bonds. The second-order valence-corrected chi connectivity index (χ2v) is 7.51. The van der Waals surface area contributed by atoms with Gasteiger partial charge in [0.15, 0.2) is 0 Å². The van der Waals surface area contributed by atoms with Gasteiger partial charge in [0.1, 0.15) is 18.4 Å². The Morgan fingerprint density at radius 3 is 2.82 bits per heavy atom. The van der Waals surface area contributed by atoms with Gasteiger partial charge in [0.2, 0.25) is 11.8 Å². The number of fused-ring (bicyclic) bond motifs is 1. The molecule has 2 heterocycles. The van der Waals surface area contributed by atoms with E-state index in [9.17, 15) is 9.59 Å². The number of carbonyl (C=O) groups is 2. The number of benzene rings is 1. The molecule has 7 nitrogen and oxygen atoms in total. The summed E-state index contributed by atoms with van der Waals surface area (Å²) in [7, 11) is 1.56. The van der Waals surface area contributed by atoms with Crippen LogP contribution in [0, 0.1) is 6.92 Å². The molecular weight excluding hydrogens is 378 g/mol. The van der Waals surface area contributed by atoms with Crippen LogP contribution in [-0.2, 0) is 11.4 Å². The standard InChI is InChI=1S/C20H21N3O4S/c1-11(18(21)24)23-19(25)17-12(2)28-16-7-6-14(9-15(16)17)27-10-13-5-4-8-22-20(13)26-3/h4-9,11H,10H2,1-3H3,(H2,21,24)(H,23,25)/t11-/m1/s1. The van der Waals surface area contributed by atoms with Crippen LogP contribution in [0.2, 0.25) is 0 Å². The lowest BCUT2D eigenvalue weighted by atomic mass is 10.1. The second-order valence-electron chi connectivity index (χ2n) is 6.25. The topological polar surface area (TPSA) is 104 Å². The highest BCUT2D eigenvalue weighted by molar-refractivity contribution is 7.19. The number of methoxy groups -OCH3 is 1. The molecular formula is C20H21N3O4S. The monoisotopic (exact) mass is 399 g/mol. The number of ether oxygens (including phenoxy) is 2. The molecule has 0 fully saturated rings. The summed E-state index contributed by atoms with van der Waals surface area (Å²) in [5.74, 6) is 0.213.